The molecule has 1 aliphatic rings. The van der Waals surface area contributed by atoms with Crippen molar-refractivity contribution in [1.29, 1.82) is 0 Å². The molecule has 1 fully saturated rings. The molecule has 0 aromatic carbocycles. The number of ether oxygens (including phenoxy) is 1. The molecule has 2 rings (SSSR count). The van der Waals surface area contributed by atoms with Gasteiger partial charge in [0.25, 0.3) is 0 Å². The lowest BCUT2D eigenvalue weighted by atomic mass is 10.2. The number of aliphatic hydroxyl groups is 1. The van der Waals surface area contributed by atoms with Crippen molar-refractivity contribution in [3.8, 4) is 0 Å². The molecule has 21 heavy (non-hydrogen) atoms. The molecule has 118 valence electrons. The van der Waals surface area contributed by atoms with E-state index in [0.717, 1.165) is 0 Å². The quantitative estimate of drug-likeness (QED) is 0.612. The number of anilines is 1. The fraction of sp³-hybridized carbons (Fsp3) is 0.667. The van der Waals surface area contributed by atoms with Gasteiger partial charge in [-0.1, -0.05) is 0 Å². The van der Waals surface area contributed by atoms with Crippen molar-refractivity contribution >= 4 is 28.5 Å². The maximum atomic E-state index is 11.4. The highest BCUT2D eigenvalue weighted by molar-refractivity contribution is 7.79. The van der Waals surface area contributed by atoms with E-state index in [2.05, 4.69) is 9.97 Å². The largest absolute Gasteiger partial charge is 0.396 e. The molecule has 1 aliphatic heterocycles. The third-order valence-corrected chi connectivity index (χ3v) is 4.46. The van der Waals surface area contributed by atoms with Gasteiger partial charge in [-0.05, 0) is 24.9 Å². The average molecular weight is 336 g/mol. The molecule has 7 nitrogen and oxygen atoms in total. The molecular formula is C12H18ClN3O4S. The summed E-state index contributed by atoms with van der Waals surface area (Å²) in [7, 11) is 0. The van der Waals surface area contributed by atoms with Gasteiger partial charge in [0.15, 0.2) is 11.1 Å². The Bertz CT molecular complexity index is 519. The summed E-state index contributed by atoms with van der Waals surface area (Å²) in [6.45, 7) is 3.64. The topological polar surface area (TPSA) is 95.8 Å². The van der Waals surface area contributed by atoms with Crippen LogP contribution in [-0.2, 0) is 15.8 Å². The van der Waals surface area contributed by atoms with Gasteiger partial charge in [-0.3, -0.25) is 0 Å². The van der Waals surface area contributed by atoms with Crippen molar-refractivity contribution in [2.24, 2.45) is 0 Å². The minimum Gasteiger partial charge on any atom is -0.396 e. The van der Waals surface area contributed by atoms with E-state index >= 15 is 0 Å². The van der Waals surface area contributed by atoms with Gasteiger partial charge in [0.1, 0.15) is 11.1 Å². The van der Waals surface area contributed by atoms with Crippen molar-refractivity contribution in [3.05, 3.63) is 17.0 Å². The lowest BCUT2D eigenvalue weighted by Crippen LogP contribution is -2.44. The molecule has 2 heterocycles. The molecule has 1 aromatic heterocycles. The van der Waals surface area contributed by atoms with E-state index in [1.165, 1.54) is 0 Å². The van der Waals surface area contributed by atoms with Crippen molar-refractivity contribution in [3.63, 3.8) is 0 Å². The van der Waals surface area contributed by atoms with Crippen molar-refractivity contribution in [1.82, 2.24) is 9.97 Å². The highest BCUT2D eigenvalue weighted by Crippen LogP contribution is 2.26. The normalized spacial score (nSPS) is 22.1. The first-order valence-electron chi connectivity index (χ1n) is 6.62. The first-order chi connectivity index (χ1) is 10.0. The minimum absolute atomic E-state index is 0.0228. The van der Waals surface area contributed by atoms with Gasteiger partial charge in [-0.15, -0.1) is 0 Å². The first kappa shape index (κ1) is 16.6. The fourth-order valence-electron chi connectivity index (χ4n) is 2.27. The average Bonchev–Trinajstić information content (AvgIpc) is 2.44. The Morgan fingerprint density at radius 3 is 3.00 bits per heavy atom. The molecule has 0 bridgehead atoms. The van der Waals surface area contributed by atoms with Gasteiger partial charge < -0.3 is 19.3 Å². The van der Waals surface area contributed by atoms with Crippen LogP contribution in [0.15, 0.2) is 6.07 Å². The second-order valence-electron chi connectivity index (χ2n) is 4.81. The number of nitrogens with zero attached hydrogens (tertiary/aromatic N) is 3. The summed E-state index contributed by atoms with van der Waals surface area (Å²) in [5.74, 6) is 0.606. The Hall–Kier alpha value is -0.800. The molecule has 2 N–H and O–H groups in total. The predicted octanol–water partition coefficient (Wildman–Crippen LogP) is 1.00. The smallest absolute Gasteiger partial charge is 0.224 e. The molecule has 0 aliphatic carbocycles. The summed E-state index contributed by atoms with van der Waals surface area (Å²) < 4.78 is 26.2. The monoisotopic (exact) mass is 335 g/mol. The molecule has 3 atom stereocenters. The number of hydrogen-bond donors (Lipinski definition) is 2. The van der Waals surface area contributed by atoms with Gasteiger partial charge in [0.05, 0.1) is 24.9 Å². The highest BCUT2D eigenvalue weighted by atomic mass is 35.5. The van der Waals surface area contributed by atoms with Crippen LogP contribution >= 0.6 is 11.6 Å². The third kappa shape index (κ3) is 4.10. The molecule has 0 spiro atoms. The van der Waals surface area contributed by atoms with Crippen LogP contribution in [0, 0.1) is 0 Å². The van der Waals surface area contributed by atoms with Crippen LogP contribution < -0.4 is 4.90 Å². The van der Waals surface area contributed by atoms with Gasteiger partial charge in [0, 0.05) is 19.2 Å². The second kappa shape index (κ2) is 7.46. The summed E-state index contributed by atoms with van der Waals surface area (Å²) in [5.41, 5.74) is 0.360. The van der Waals surface area contributed by atoms with Crippen molar-refractivity contribution in [2.75, 3.05) is 31.3 Å². The maximum Gasteiger partial charge on any atom is 0.224 e. The third-order valence-electron chi connectivity index (χ3n) is 3.33. The van der Waals surface area contributed by atoms with Gasteiger partial charge >= 0.3 is 0 Å². The lowest BCUT2D eigenvalue weighted by molar-refractivity contribution is 0.0985. The van der Waals surface area contributed by atoms with E-state index in [9.17, 15) is 8.76 Å². The molecule has 2 unspecified atom stereocenters. The van der Waals surface area contributed by atoms with E-state index in [4.69, 9.17) is 21.4 Å². The van der Waals surface area contributed by atoms with Gasteiger partial charge in [-0.25, -0.2) is 14.2 Å². The van der Waals surface area contributed by atoms with Crippen LogP contribution in [0.5, 0.6) is 0 Å². The molecular weight excluding hydrogens is 318 g/mol. The zero-order valence-corrected chi connectivity index (χ0v) is 13.2. The van der Waals surface area contributed by atoms with Crippen LogP contribution in [0.2, 0.25) is 5.28 Å². The number of rotatable bonds is 5. The number of halogens is 1. The molecule has 0 radical (unpaired) electrons. The van der Waals surface area contributed by atoms with Crippen LogP contribution in [0.1, 0.15) is 24.3 Å². The highest BCUT2D eigenvalue weighted by Gasteiger charge is 2.25. The van der Waals surface area contributed by atoms with E-state index in [0.29, 0.717) is 31.3 Å². The molecule has 0 saturated carbocycles. The molecule has 0 amide bonds. The van der Waals surface area contributed by atoms with Crippen molar-refractivity contribution < 1.29 is 18.6 Å². The Balaban J connectivity index is 2.33. The fourth-order valence-corrected chi connectivity index (χ4v) is 3.09. The van der Waals surface area contributed by atoms with E-state index in [1.54, 1.807) is 6.07 Å². The Kier molecular flexibility index (Phi) is 5.88. The SMILES string of the molecule is C[C@H]1COCCN1c1cc(C(CCO)S(=O)O)nc(Cl)n1. The van der Waals surface area contributed by atoms with E-state index in [-0.39, 0.29) is 24.4 Å². The lowest BCUT2D eigenvalue weighted by Gasteiger charge is -2.34. The number of hydrogen-bond acceptors (Lipinski definition) is 6. The summed E-state index contributed by atoms with van der Waals surface area (Å²) in [6.07, 6.45) is 0.133. The Morgan fingerprint density at radius 2 is 2.38 bits per heavy atom. The van der Waals surface area contributed by atoms with Crippen LogP contribution in [0.3, 0.4) is 0 Å². The number of aliphatic hydroxyl groups excluding tert-OH is 1. The van der Waals surface area contributed by atoms with Crippen LogP contribution in [0.25, 0.3) is 0 Å². The summed E-state index contributed by atoms with van der Waals surface area (Å²) in [5, 5.41) is 8.26. The minimum atomic E-state index is -2.14. The van der Waals surface area contributed by atoms with Crippen LogP contribution in [0.4, 0.5) is 5.82 Å². The van der Waals surface area contributed by atoms with E-state index in [1.807, 2.05) is 11.8 Å². The first-order valence-corrected chi connectivity index (χ1v) is 8.17. The Labute approximate surface area is 130 Å². The zero-order valence-electron chi connectivity index (χ0n) is 11.6. The summed E-state index contributed by atoms with van der Waals surface area (Å²) in [4.78, 5) is 10.2. The molecule has 9 heteroatoms. The number of aromatic nitrogens is 2. The van der Waals surface area contributed by atoms with Crippen LogP contribution in [-0.4, -0.2) is 56.2 Å². The molecule has 1 saturated heterocycles. The second-order valence-corrected chi connectivity index (χ2v) is 6.27. The molecule has 1 aromatic rings. The number of morpholine rings is 1. The van der Waals surface area contributed by atoms with Gasteiger partial charge in [0.2, 0.25) is 5.28 Å². The Morgan fingerprint density at radius 1 is 1.62 bits per heavy atom. The summed E-state index contributed by atoms with van der Waals surface area (Å²) in [6, 6.07) is 1.79. The maximum absolute atomic E-state index is 11.4. The zero-order chi connectivity index (χ0) is 15.4. The standard InChI is InChI=1S/C12H18ClN3O4S/c1-8-7-20-5-3-16(8)11-6-9(14-12(13)15-11)10(2-4-17)21(18)19/h6,8,10,17H,2-5,7H2,1H3,(H,18,19)/t8-,10?/m0/s1. The predicted molar refractivity (Wildman–Crippen MR) is 79.9 cm³/mol. The van der Waals surface area contributed by atoms with Crippen molar-refractivity contribution in [2.45, 2.75) is 24.6 Å². The van der Waals surface area contributed by atoms with E-state index < -0.39 is 16.3 Å². The summed E-state index contributed by atoms with van der Waals surface area (Å²) >= 11 is 3.81. The van der Waals surface area contributed by atoms with Gasteiger partial charge in [-0.2, -0.15) is 0 Å².